The summed E-state index contributed by atoms with van der Waals surface area (Å²) in [6, 6.07) is 16.5. The predicted octanol–water partition coefficient (Wildman–Crippen LogP) is 4.14. The lowest BCUT2D eigenvalue weighted by atomic mass is 10.1. The van der Waals surface area contributed by atoms with Gasteiger partial charge in [0.15, 0.2) is 0 Å². The number of carbonyl (C=O) groups is 1. The van der Waals surface area contributed by atoms with Crippen LogP contribution >= 0.6 is 15.9 Å². The molecule has 0 saturated heterocycles. The maximum atomic E-state index is 12.3. The van der Waals surface area contributed by atoms with E-state index in [4.69, 9.17) is 0 Å². The van der Waals surface area contributed by atoms with Crippen molar-refractivity contribution in [3.63, 3.8) is 0 Å². The SMILES string of the molecule is CN(C)c1ccc(C=NNC(=O)c2cc3ccccc3cc2O)cc1Br. The Morgan fingerprint density at radius 2 is 1.81 bits per heavy atom. The molecule has 1 amide bonds. The molecule has 5 nitrogen and oxygen atoms in total. The van der Waals surface area contributed by atoms with Gasteiger partial charge in [-0.25, -0.2) is 5.43 Å². The van der Waals surface area contributed by atoms with E-state index >= 15 is 0 Å². The molecule has 0 unspecified atom stereocenters. The zero-order valence-corrected chi connectivity index (χ0v) is 16.0. The van der Waals surface area contributed by atoms with Gasteiger partial charge in [0.25, 0.3) is 5.91 Å². The highest BCUT2D eigenvalue weighted by molar-refractivity contribution is 9.10. The number of hydrogen-bond acceptors (Lipinski definition) is 4. The molecule has 3 aromatic carbocycles. The van der Waals surface area contributed by atoms with Crippen molar-refractivity contribution in [1.29, 1.82) is 0 Å². The molecule has 6 heteroatoms. The molecule has 0 aromatic heterocycles. The molecule has 0 radical (unpaired) electrons. The van der Waals surface area contributed by atoms with Crippen molar-refractivity contribution in [3.05, 3.63) is 70.2 Å². The zero-order valence-electron chi connectivity index (χ0n) is 14.4. The Morgan fingerprint density at radius 3 is 2.46 bits per heavy atom. The molecule has 0 spiro atoms. The fraction of sp³-hybridized carbons (Fsp3) is 0.100. The molecule has 2 N–H and O–H groups in total. The van der Waals surface area contributed by atoms with E-state index in [1.54, 1.807) is 18.3 Å². The number of anilines is 1. The number of amides is 1. The van der Waals surface area contributed by atoms with Gasteiger partial charge < -0.3 is 10.0 Å². The summed E-state index contributed by atoms with van der Waals surface area (Å²) in [6.45, 7) is 0. The second kappa shape index (κ2) is 7.58. The number of hydrazone groups is 1. The first-order valence-electron chi connectivity index (χ1n) is 7.98. The number of benzene rings is 3. The molecule has 3 rings (SSSR count). The zero-order chi connectivity index (χ0) is 18.7. The van der Waals surface area contributed by atoms with Gasteiger partial charge in [-0.15, -0.1) is 0 Å². The molecular weight excluding hydrogens is 394 g/mol. The summed E-state index contributed by atoms with van der Waals surface area (Å²) >= 11 is 3.51. The van der Waals surface area contributed by atoms with Crippen LogP contribution in [0.4, 0.5) is 5.69 Å². The Labute approximate surface area is 160 Å². The van der Waals surface area contributed by atoms with Crippen LogP contribution in [0, 0.1) is 0 Å². The second-order valence-electron chi connectivity index (χ2n) is 6.02. The van der Waals surface area contributed by atoms with Crippen LogP contribution in [0.1, 0.15) is 15.9 Å². The maximum absolute atomic E-state index is 12.3. The van der Waals surface area contributed by atoms with Crippen molar-refractivity contribution >= 4 is 44.5 Å². The topological polar surface area (TPSA) is 64.9 Å². The van der Waals surface area contributed by atoms with Crippen LogP contribution in [0.25, 0.3) is 10.8 Å². The van der Waals surface area contributed by atoms with Crippen LogP contribution in [0.3, 0.4) is 0 Å². The number of carbonyl (C=O) groups excluding carboxylic acids is 1. The van der Waals surface area contributed by atoms with Gasteiger partial charge in [-0.05, 0) is 56.5 Å². The van der Waals surface area contributed by atoms with Gasteiger partial charge in [-0.1, -0.05) is 30.3 Å². The standard InChI is InChI=1S/C20H18BrN3O2/c1-24(2)18-8-7-13(9-17(18)21)12-22-23-20(26)16-10-14-5-3-4-6-15(14)11-19(16)25/h3-12,25H,1-2H3,(H,23,26). The fourth-order valence-electron chi connectivity index (χ4n) is 2.60. The first kappa shape index (κ1) is 17.9. The summed E-state index contributed by atoms with van der Waals surface area (Å²) in [5, 5.41) is 15.8. The van der Waals surface area contributed by atoms with Gasteiger partial charge in [0.05, 0.1) is 17.5 Å². The normalized spacial score (nSPS) is 11.0. The van der Waals surface area contributed by atoms with Crippen molar-refractivity contribution in [2.24, 2.45) is 5.10 Å². The summed E-state index contributed by atoms with van der Waals surface area (Å²) in [5.74, 6) is -0.539. The Hall–Kier alpha value is -2.86. The van der Waals surface area contributed by atoms with E-state index in [-0.39, 0.29) is 11.3 Å². The molecule has 0 aliphatic rings. The lowest BCUT2D eigenvalue weighted by Crippen LogP contribution is -2.17. The average molecular weight is 412 g/mol. The first-order chi connectivity index (χ1) is 12.5. The molecule has 0 fully saturated rings. The van der Waals surface area contributed by atoms with Crippen LogP contribution in [-0.2, 0) is 0 Å². The summed E-state index contributed by atoms with van der Waals surface area (Å²) in [5.41, 5.74) is 4.53. The van der Waals surface area contributed by atoms with E-state index in [1.807, 2.05) is 61.5 Å². The number of nitrogens with one attached hydrogen (secondary N) is 1. The van der Waals surface area contributed by atoms with Crippen LogP contribution < -0.4 is 10.3 Å². The van der Waals surface area contributed by atoms with E-state index in [0.29, 0.717) is 0 Å². The van der Waals surface area contributed by atoms with E-state index in [0.717, 1.165) is 26.5 Å². The molecule has 0 aliphatic carbocycles. The minimum Gasteiger partial charge on any atom is -0.507 e. The lowest BCUT2D eigenvalue weighted by molar-refractivity contribution is 0.0952. The number of rotatable bonds is 4. The van der Waals surface area contributed by atoms with Crippen molar-refractivity contribution in [1.82, 2.24) is 5.43 Å². The quantitative estimate of drug-likeness (QED) is 0.500. The van der Waals surface area contributed by atoms with Crippen LogP contribution in [-0.4, -0.2) is 31.3 Å². The minimum absolute atomic E-state index is 0.0746. The van der Waals surface area contributed by atoms with Gasteiger partial charge >= 0.3 is 0 Å². The highest BCUT2D eigenvalue weighted by atomic mass is 79.9. The Balaban J connectivity index is 1.75. The highest BCUT2D eigenvalue weighted by Gasteiger charge is 2.11. The molecule has 26 heavy (non-hydrogen) atoms. The molecule has 0 aliphatic heterocycles. The number of phenolic OH excluding ortho intramolecular Hbond substituents is 1. The second-order valence-corrected chi connectivity index (χ2v) is 6.88. The van der Waals surface area contributed by atoms with Gasteiger partial charge in [0, 0.05) is 18.6 Å². The highest BCUT2D eigenvalue weighted by Crippen LogP contribution is 2.26. The number of aromatic hydroxyl groups is 1. The number of phenols is 1. The first-order valence-corrected chi connectivity index (χ1v) is 8.77. The Morgan fingerprint density at radius 1 is 1.12 bits per heavy atom. The number of nitrogens with zero attached hydrogens (tertiary/aromatic N) is 2. The molecule has 132 valence electrons. The minimum atomic E-state index is -0.464. The third-order valence-electron chi connectivity index (χ3n) is 3.94. The summed E-state index contributed by atoms with van der Waals surface area (Å²) < 4.78 is 0.935. The summed E-state index contributed by atoms with van der Waals surface area (Å²) in [7, 11) is 3.92. The molecule has 3 aromatic rings. The van der Waals surface area contributed by atoms with Gasteiger partial charge in [-0.2, -0.15) is 5.10 Å². The fourth-order valence-corrected chi connectivity index (χ4v) is 3.35. The molecule has 0 atom stereocenters. The predicted molar refractivity (Wildman–Crippen MR) is 109 cm³/mol. The van der Waals surface area contributed by atoms with E-state index in [1.165, 1.54) is 0 Å². The van der Waals surface area contributed by atoms with Crippen molar-refractivity contribution in [2.75, 3.05) is 19.0 Å². The van der Waals surface area contributed by atoms with Crippen LogP contribution in [0.5, 0.6) is 5.75 Å². The Bertz CT molecular complexity index is 1000. The van der Waals surface area contributed by atoms with E-state index in [2.05, 4.69) is 26.5 Å². The average Bonchev–Trinajstić information content (AvgIpc) is 2.60. The molecule has 0 heterocycles. The van der Waals surface area contributed by atoms with E-state index in [9.17, 15) is 9.90 Å². The van der Waals surface area contributed by atoms with Crippen molar-refractivity contribution in [2.45, 2.75) is 0 Å². The Kier molecular flexibility index (Phi) is 5.23. The molecular formula is C20H18BrN3O2. The monoisotopic (exact) mass is 411 g/mol. The van der Waals surface area contributed by atoms with E-state index < -0.39 is 5.91 Å². The number of halogens is 1. The van der Waals surface area contributed by atoms with Gasteiger partial charge in [0.1, 0.15) is 5.75 Å². The smallest absolute Gasteiger partial charge is 0.275 e. The van der Waals surface area contributed by atoms with Crippen molar-refractivity contribution < 1.29 is 9.90 Å². The largest absolute Gasteiger partial charge is 0.507 e. The number of fused-ring (bicyclic) bond motifs is 1. The molecule has 0 saturated carbocycles. The third-order valence-corrected chi connectivity index (χ3v) is 4.58. The third kappa shape index (κ3) is 3.86. The van der Waals surface area contributed by atoms with Crippen molar-refractivity contribution in [3.8, 4) is 5.75 Å². The van der Waals surface area contributed by atoms with Gasteiger partial charge in [0.2, 0.25) is 0 Å². The molecule has 0 bridgehead atoms. The van der Waals surface area contributed by atoms with Crippen LogP contribution in [0.15, 0.2) is 64.2 Å². The maximum Gasteiger partial charge on any atom is 0.275 e. The summed E-state index contributed by atoms with van der Waals surface area (Å²) in [4.78, 5) is 14.3. The lowest BCUT2D eigenvalue weighted by Gasteiger charge is -2.14. The number of hydrogen-bond donors (Lipinski definition) is 2. The summed E-state index contributed by atoms with van der Waals surface area (Å²) in [6.07, 6.45) is 1.56. The van der Waals surface area contributed by atoms with Crippen LogP contribution in [0.2, 0.25) is 0 Å². The van der Waals surface area contributed by atoms with Gasteiger partial charge in [-0.3, -0.25) is 4.79 Å².